The van der Waals surface area contributed by atoms with Gasteiger partial charge in [-0.3, -0.25) is 4.99 Å². The van der Waals surface area contributed by atoms with Crippen LogP contribution in [-0.2, 0) is 0 Å². The van der Waals surface area contributed by atoms with Crippen LogP contribution in [0, 0.1) is 0 Å². The molecule has 1 aromatic heterocycles. The number of nitrogens with zero attached hydrogens (tertiary/aromatic N) is 3. The van der Waals surface area contributed by atoms with E-state index in [0.717, 1.165) is 67.2 Å². The van der Waals surface area contributed by atoms with Crippen molar-refractivity contribution in [2.75, 3.05) is 31.9 Å². The van der Waals surface area contributed by atoms with Crippen molar-refractivity contribution in [1.82, 2.24) is 15.2 Å². The highest BCUT2D eigenvalue weighted by Gasteiger charge is 2.22. The van der Waals surface area contributed by atoms with Crippen LogP contribution in [0.5, 0.6) is 5.75 Å². The Labute approximate surface area is 193 Å². The van der Waals surface area contributed by atoms with Gasteiger partial charge in [0.05, 0.1) is 0 Å². The summed E-state index contributed by atoms with van der Waals surface area (Å²) in [5.41, 5.74) is 0. The van der Waals surface area contributed by atoms with Crippen molar-refractivity contribution < 1.29 is 4.74 Å². The number of aliphatic imine (C=N–C) groups is 1. The molecule has 0 atom stereocenters. The van der Waals surface area contributed by atoms with Crippen molar-refractivity contribution in [3.63, 3.8) is 0 Å². The van der Waals surface area contributed by atoms with Crippen LogP contribution in [0.1, 0.15) is 26.2 Å². The van der Waals surface area contributed by atoms with Crippen molar-refractivity contribution in [2.45, 2.75) is 36.6 Å². The number of aromatic nitrogens is 1. The zero-order chi connectivity index (χ0) is 18.7. The second-order valence-electron chi connectivity index (χ2n) is 6.35. The highest BCUT2D eigenvalue weighted by atomic mass is 127. The van der Waals surface area contributed by atoms with Crippen molar-refractivity contribution in [1.29, 1.82) is 0 Å². The smallest absolute Gasteiger partial charge is 0.193 e. The quantitative estimate of drug-likeness (QED) is 0.175. The summed E-state index contributed by atoms with van der Waals surface area (Å²) in [5.74, 6) is 3.06. The van der Waals surface area contributed by atoms with Crippen LogP contribution in [0.2, 0.25) is 0 Å². The van der Waals surface area contributed by atoms with E-state index in [4.69, 9.17) is 9.73 Å². The summed E-state index contributed by atoms with van der Waals surface area (Å²) in [6.45, 7) is 5.84. The highest BCUT2D eigenvalue weighted by molar-refractivity contribution is 14.0. The Kier molecular flexibility index (Phi) is 11.0. The monoisotopic (exact) mass is 532 g/mol. The molecule has 3 rings (SSSR count). The van der Waals surface area contributed by atoms with E-state index in [0.29, 0.717) is 6.10 Å². The first-order valence-electron chi connectivity index (χ1n) is 9.62. The van der Waals surface area contributed by atoms with Gasteiger partial charge in [0, 0.05) is 56.4 Å². The average Bonchev–Trinajstić information content (AvgIpc) is 3.22. The van der Waals surface area contributed by atoms with Gasteiger partial charge in [-0.15, -0.1) is 35.3 Å². The number of piperidine rings is 1. The first kappa shape index (κ1) is 23.3. The molecule has 1 fully saturated rings. The maximum Gasteiger partial charge on any atom is 0.193 e. The zero-order valence-electron chi connectivity index (χ0n) is 16.3. The minimum absolute atomic E-state index is 0. The van der Waals surface area contributed by atoms with E-state index in [2.05, 4.69) is 22.1 Å². The van der Waals surface area contributed by atoms with Gasteiger partial charge in [-0.05, 0) is 25.5 Å². The molecular weight excluding hydrogens is 503 g/mol. The Morgan fingerprint density at radius 3 is 2.79 bits per heavy atom. The van der Waals surface area contributed by atoms with Gasteiger partial charge >= 0.3 is 0 Å². The first-order valence-corrected chi connectivity index (χ1v) is 11.5. The number of guanidine groups is 1. The van der Waals surface area contributed by atoms with Gasteiger partial charge < -0.3 is 15.0 Å². The van der Waals surface area contributed by atoms with Crippen molar-refractivity contribution in [3.05, 3.63) is 41.9 Å². The minimum Gasteiger partial charge on any atom is -0.490 e. The molecule has 0 unspecified atom stereocenters. The summed E-state index contributed by atoms with van der Waals surface area (Å²) in [6, 6.07) is 10.1. The standard InChI is InChI=1S/C20H28N4OS2.HI/c1-2-21-19(22-11-6-15-26-20-23-12-16-27-20)24-13-9-18(10-14-24)25-17-7-4-3-5-8-17;/h3-5,7-8,12,16,18H,2,6,9-11,13-15H2,1H3,(H,21,22);1H. The van der Waals surface area contributed by atoms with Crippen molar-refractivity contribution in [3.8, 4) is 5.75 Å². The predicted molar refractivity (Wildman–Crippen MR) is 131 cm³/mol. The third kappa shape index (κ3) is 7.79. The molecule has 1 N–H and O–H groups in total. The lowest BCUT2D eigenvalue weighted by Crippen LogP contribution is -2.47. The number of thioether (sulfide) groups is 1. The molecule has 28 heavy (non-hydrogen) atoms. The number of likely N-dealkylation sites (tertiary alicyclic amines) is 1. The number of nitrogens with one attached hydrogen (secondary N) is 1. The van der Waals surface area contributed by atoms with Crippen molar-refractivity contribution in [2.24, 2.45) is 4.99 Å². The topological polar surface area (TPSA) is 49.8 Å². The van der Waals surface area contributed by atoms with Gasteiger partial charge in [0.25, 0.3) is 0 Å². The van der Waals surface area contributed by atoms with E-state index < -0.39 is 0 Å². The number of hydrogen-bond donors (Lipinski definition) is 1. The van der Waals surface area contributed by atoms with Crippen LogP contribution in [0.3, 0.4) is 0 Å². The number of rotatable bonds is 8. The van der Waals surface area contributed by atoms with E-state index >= 15 is 0 Å². The Hall–Kier alpha value is -1.000. The molecule has 1 aliphatic heterocycles. The largest absolute Gasteiger partial charge is 0.490 e. The van der Waals surface area contributed by atoms with Crippen LogP contribution in [0.15, 0.2) is 51.2 Å². The molecule has 5 nitrogen and oxygen atoms in total. The maximum atomic E-state index is 6.10. The lowest BCUT2D eigenvalue weighted by atomic mass is 10.1. The molecule has 1 aliphatic rings. The molecule has 0 aliphatic carbocycles. The number of thiazole rings is 1. The normalized spacial score (nSPS) is 15.2. The number of para-hydroxylation sites is 1. The number of halogens is 1. The van der Waals surface area contributed by atoms with Crippen molar-refractivity contribution >= 4 is 53.0 Å². The Morgan fingerprint density at radius 2 is 2.11 bits per heavy atom. The van der Waals surface area contributed by atoms with Crippen LogP contribution in [-0.4, -0.2) is 53.9 Å². The van der Waals surface area contributed by atoms with Crippen LogP contribution in [0.25, 0.3) is 0 Å². The molecule has 2 aromatic rings. The second-order valence-corrected chi connectivity index (χ2v) is 8.59. The third-order valence-electron chi connectivity index (χ3n) is 4.32. The van der Waals surface area contributed by atoms with Gasteiger partial charge in [-0.2, -0.15) is 0 Å². The molecule has 0 saturated carbocycles. The molecular formula is C20H29IN4OS2. The molecule has 8 heteroatoms. The molecule has 0 bridgehead atoms. The fraction of sp³-hybridized carbons (Fsp3) is 0.500. The summed E-state index contributed by atoms with van der Waals surface area (Å²) in [4.78, 5) is 11.5. The number of hydrogen-bond acceptors (Lipinski definition) is 5. The van der Waals surface area contributed by atoms with Gasteiger partial charge in [-0.1, -0.05) is 30.0 Å². The van der Waals surface area contributed by atoms with Crippen LogP contribution in [0.4, 0.5) is 0 Å². The Balaban J connectivity index is 0.00000280. The van der Waals surface area contributed by atoms with E-state index in [1.807, 2.05) is 53.7 Å². The molecule has 154 valence electrons. The lowest BCUT2D eigenvalue weighted by Gasteiger charge is -2.34. The van der Waals surface area contributed by atoms with Gasteiger partial charge in [0.1, 0.15) is 16.2 Å². The zero-order valence-corrected chi connectivity index (χ0v) is 20.2. The maximum absolute atomic E-state index is 6.10. The molecule has 2 heterocycles. The molecule has 0 amide bonds. The summed E-state index contributed by atoms with van der Waals surface area (Å²) in [6.07, 6.45) is 5.27. The molecule has 0 spiro atoms. The fourth-order valence-corrected chi connectivity index (χ4v) is 4.63. The van der Waals surface area contributed by atoms with E-state index in [9.17, 15) is 0 Å². The Bertz CT molecular complexity index is 677. The fourth-order valence-electron chi connectivity index (χ4n) is 2.99. The number of benzene rings is 1. The third-order valence-corrected chi connectivity index (χ3v) is 6.37. The van der Waals surface area contributed by atoms with E-state index in [-0.39, 0.29) is 24.0 Å². The molecule has 1 saturated heterocycles. The van der Waals surface area contributed by atoms with E-state index in [1.165, 1.54) is 0 Å². The summed E-state index contributed by atoms with van der Waals surface area (Å²) >= 11 is 3.52. The highest BCUT2D eigenvalue weighted by Crippen LogP contribution is 2.21. The summed E-state index contributed by atoms with van der Waals surface area (Å²) < 4.78 is 7.24. The molecule has 1 aromatic carbocycles. The van der Waals surface area contributed by atoms with Crippen LogP contribution >= 0.6 is 47.1 Å². The number of ether oxygens (including phenoxy) is 1. The predicted octanol–water partition coefficient (Wildman–Crippen LogP) is 4.75. The van der Waals surface area contributed by atoms with Gasteiger partial charge in [0.15, 0.2) is 5.96 Å². The van der Waals surface area contributed by atoms with Gasteiger partial charge in [0.2, 0.25) is 0 Å². The average molecular weight is 533 g/mol. The van der Waals surface area contributed by atoms with E-state index in [1.54, 1.807) is 11.3 Å². The molecule has 0 radical (unpaired) electrons. The second kappa shape index (κ2) is 13.3. The first-order chi connectivity index (χ1) is 13.3. The lowest BCUT2D eigenvalue weighted by molar-refractivity contribution is 0.129. The SMILES string of the molecule is CCNC(=NCCCSc1nccs1)N1CCC(Oc2ccccc2)CC1.I. The van der Waals surface area contributed by atoms with Gasteiger partial charge in [-0.25, -0.2) is 4.98 Å². The summed E-state index contributed by atoms with van der Waals surface area (Å²) in [7, 11) is 0. The minimum atomic E-state index is 0. The Morgan fingerprint density at radius 1 is 1.32 bits per heavy atom. The van der Waals surface area contributed by atoms with Crippen LogP contribution < -0.4 is 10.1 Å². The summed E-state index contributed by atoms with van der Waals surface area (Å²) in [5, 5.41) is 5.46.